The van der Waals surface area contributed by atoms with Gasteiger partial charge in [-0.05, 0) is 27.1 Å². The van der Waals surface area contributed by atoms with Crippen molar-refractivity contribution < 1.29 is 8.78 Å². The molecule has 1 heterocycles. The van der Waals surface area contributed by atoms with Crippen LogP contribution in [0.5, 0.6) is 0 Å². The SMILES string of the molecule is CN(C)C1CCNCC1(F)F.Cl. The molecule has 0 radical (unpaired) electrons. The summed E-state index contributed by atoms with van der Waals surface area (Å²) in [4.78, 5) is 1.60. The van der Waals surface area contributed by atoms with Gasteiger partial charge < -0.3 is 10.2 Å². The molecule has 0 spiro atoms. The second-order valence-electron chi connectivity index (χ2n) is 3.21. The zero-order valence-electron chi connectivity index (χ0n) is 7.31. The molecule has 0 amide bonds. The molecule has 5 heteroatoms. The quantitative estimate of drug-likeness (QED) is 0.679. The molecule has 1 aliphatic rings. The van der Waals surface area contributed by atoms with E-state index in [4.69, 9.17) is 0 Å². The summed E-state index contributed by atoms with van der Waals surface area (Å²) in [6.45, 7) is 0.508. The standard InChI is InChI=1S/C7H14F2N2.ClH/c1-11(2)6-3-4-10-5-7(6,8)9;/h6,10H,3-5H2,1-2H3;1H. The Morgan fingerprint density at radius 2 is 2.00 bits per heavy atom. The first kappa shape index (κ1) is 12.1. The summed E-state index contributed by atoms with van der Waals surface area (Å²) < 4.78 is 26.0. The third-order valence-electron chi connectivity index (χ3n) is 2.07. The highest BCUT2D eigenvalue weighted by Crippen LogP contribution is 2.25. The number of hydrogen-bond donors (Lipinski definition) is 1. The summed E-state index contributed by atoms with van der Waals surface area (Å²) in [6.07, 6.45) is 0.528. The molecule has 0 aliphatic carbocycles. The first-order valence-electron chi connectivity index (χ1n) is 3.79. The summed E-state index contributed by atoms with van der Waals surface area (Å²) in [5, 5.41) is 2.68. The van der Waals surface area contributed by atoms with Crippen LogP contribution in [0.15, 0.2) is 0 Å². The van der Waals surface area contributed by atoms with Crippen LogP contribution in [0.1, 0.15) is 6.42 Å². The fourth-order valence-electron chi connectivity index (χ4n) is 1.46. The molecule has 1 N–H and O–H groups in total. The van der Waals surface area contributed by atoms with E-state index < -0.39 is 12.0 Å². The van der Waals surface area contributed by atoms with Crippen LogP contribution in [0.25, 0.3) is 0 Å². The van der Waals surface area contributed by atoms with Crippen molar-refractivity contribution in [3.63, 3.8) is 0 Å². The summed E-state index contributed by atoms with van der Waals surface area (Å²) in [7, 11) is 3.40. The molecule has 1 unspecified atom stereocenters. The van der Waals surface area contributed by atoms with Crippen molar-refractivity contribution in [3.8, 4) is 0 Å². The second-order valence-corrected chi connectivity index (χ2v) is 3.21. The Hall–Kier alpha value is 0.0700. The van der Waals surface area contributed by atoms with Gasteiger partial charge in [-0.2, -0.15) is 0 Å². The van der Waals surface area contributed by atoms with Gasteiger partial charge in [-0.15, -0.1) is 12.4 Å². The van der Waals surface area contributed by atoms with E-state index in [9.17, 15) is 8.78 Å². The maximum absolute atomic E-state index is 13.0. The van der Waals surface area contributed by atoms with Gasteiger partial charge in [-0.25, -0.2) is 8.78 Å². The van der Waals surface area contributed by atoms with Crippen LogP contribution in [0.4, 0.5) is 8.78 Å². The molecular formula is C7H15ClF2N2. The second kappa shape index (κ2) is 4.35. The van der Waals surface area contributed by atoms with Gasteiger partial charge in [0.15, 0.2) is 0 Å². The Balaban J connectivity index is 0.00000121. The zero-order chi connectivity index (χ0) is 8.48. The molecule has 1 atom stereocenters. The molecule has 0 saturated carbocycles. The molecular weight excluding hydrogens is 186 g/mol. The van der Waals surface area contributed by atoms with Crippen molar-refractivity contribution in [1.82, 2.24) is 10.2 Å². The minimum Gasteiger partial charge on any atom is -0.311 e. The molecule has 1 fully saturated rings. The van der Waals surface area contributed by atoms with Crippen molar-refractivity contribution in [1.29, 1.82) is 0 Å². The molecule has 1 rings (SSSR count). The molecule has 74 valence electrons. The third kappa shape index (κ3) is 2.54. The van der Waals surface area contributed by atoms with E-state index >= 15 is 0 Å². The van der Waals surface area contributed by atoms with Gasteiger partial charge in [0.25, 0.3) is 5.92 Å². The average Bonchev–Trinajstić information content (AvgIpc) is 1.85. The van der Waals surface area contributed by atoms with E-state index in [2.05, 4.69) is 5.32 Å². The van der Waals surface area contributed by atoms with Crippen molar-refractivity contribution in [2.75, 3.05) is 27.2 Å². The van der Waals surface area contributed by atoms with Crippen LogP contribution in [0.2, 0.25) is 0 Å². The van der Waals surface area contributed by atoms with Gasteiger partial charge >= 0.3 is 0 Å². The zero-order valence-corrected chi connectivity index (χ0v) is 8.13. The van der Waals surface area contributed by atoms with Crippen molar-refractivity contribution in [2.45, 2.75) is 18.4 Å². The van der Waals surface area contributed by atoms with E-state index in [0.29, 0.717) is 13.0 Å². The van der Waals surface area contributed by atoms with Gasteiger partial charge in [-0.1, -0.05) is 0 Å². The monoisotopic (exact) mass is 200 g/mol. The number of hydrogen-bond acceptors (Lipinski definition) is 2. The summed E-state index contributed by atoms with van der Waals surface area (Å²) in [5.41, 5.74) is 0. The normalized spacial score (nSPS) is 28.2. The lowest BCUT2D eigenvalue weighted by Crippen LogP contribution is -2.55. The third-order valence-corrected chi connectivity index (χ3v) is 2.07. The molecule has 2 nitrogen and oxygen atoms in total. The highest BCUT2D eigenvalue weighted by atomic mass is 35.5. The van der Waals surface area contributed by atoms with Gasteiger partial charge in [0, 0.05) is 0 Å². The van der Waals surface area contributed by atoms with Crippen molar-refractivity contribution in [2.24, 2.45) is 0 Å². The molecule has 0 bridgehead atoms. The van der Waals surface area contributed by atoms with Gasteiger partial charge in [0.2, 0.25) is 0 Å². The van der Waals surface area contributed by atoms with Gasteiger partial charge in [-0.3, -0.25) is 0 Å². The predicted molar refractivity (Wildman–Crippen MR) is 47.2 cm³/mol. The van der Waals surface area contributed by atoms with E-state index in [1.807, 2.05) is 0 Å². The largest absolute Gasteiger partial charge is 0.311 e. The van der Waals surface area contributed by atoms with Crippen LogP contribution in [-0.4, -0.2) is 44.0 Å². The number of alkyl halides is 2. The van der Waals surface area contributed by atoms with E-state index in [1.54, 1.807) is 19.0 Å². The Kier molecular flexibility index (Phi) is 4.37. The number of halogens is 3. The maximum atomic E-state index is 13.0. The fourth-order valence-corrected chi connectivity index (χ4v) is 1.46. The fraction of sp³-hybridized carbons (Fsp3) is 1.00. The summed E-state index contributed by atoms with van der Waals surface area (Å²) >= 11 is 0. The van der Waals surface area contributed by atoms with Crippen LogP contribution in [-0.2, 0) is 0 Å². The number of nitrogens with one attached hydrogen (secondary N) is 1. The van der Waals surface area contributed by atoms with Gasteiger partial charge in [0.1, 0.15) is 0 Å². The minimum absolute atomic E-state index is 0. The lowest BCUT2D eigenvalue weighted by molar-refractivity contribution is -0.0829. The minimum atomic E-state index is -2.57. The summed E-state index contributed by atoms with van der Waals surface area (Å²) in [6, 6.07) is -0.594. The predicted octanol–water partition coefficient (Wildman–Crippen LogP) is 0.967. The number of piperidine rings is 1. The lowest BCUT2D eigenvalue weighted by Gasteiger charge is -2.35. The van der Waals surface area contributed by atoms with Crippen molar-refractivity contribution >= 4 is 12.4 Å². The smallest absolute Gasteiger partial charge is 0.275 e. The van der Waals surface area contributed by atoms with Crippen molar-refractivity contribution in [3.05, 3.63) is 0 Å². The molecule has 1 aliphatic heterocycles. The average molecular weight is 201 g/mol. The molecule has 0 aromatic rings. The van der Waals surface area contributed by atoms with Crippen LogP contribution < -0.4 is 5.32 Å². The van der Waals surface area contributed by atoms with Gasteiger partial charge in [0.05, 0.1) is 12.6 Å². The number of rotatable bonds is 1. The Morgan fingerprint density at radius 3 is 2.33 bits per heavy atom. The van der Waals surface area contributed by atoms with Crippen LogP contribution in [0, 0.1) is 0 Å². The molecule has 1 saturated heterocycles. The van der Waals surface area contributed by atoms with E-state index in [0.717, 1.165) is 0 Å². The Morgan fingerprint density at radius 1 is 1.42 bits per heavy atom. The van der Waals surface area contributed by atoms with Crippen LogP contribution in [0.3, 0.4) is 0 Å². The summed E-state index contributed by atoms with van der Waals surface area (Å²) in [5.74, 6) is -2.57. The highest BCUT2D eigenvalue weighted by Gasteiger charge is 2.42. The van der Waals surface area contributed by atoms with Crippen LogP contribution >= 0.6 is 12.4 Å². The first-order valence-corrected chi connectivity index (χ1v) is 3.79. The first-order chi connectivity index (χ1) is 5.04. The van der Waals surface area contributed by atoms with E-state index in [1.165, 1.54) is 0 Å². The highest BCUT2D eigenvalue weighted by molar-refractivity contribution is 5.85. The maximum Gasteiger partial charge on any atom is 0.275 e. The van der Waals surface area contributed by atoms with E-state index in [-0.39, 0.29) is 19.0 Å². The number of nitrogens with zero attached hydrogens (tertiary/aromatic N) is 1. The molecule has 0 aromatic heterocycles. The molecule has 0 aromatic carbocycles. The topological polar surface area (TPSA) is 15.3 Å². The Labute approximate surface area is 77.7 Å². The Bertz CT molecular complexity index is 141. The molecule has 12 heavy (non-hydrogen) atoms. The lowest BCUT2D eigenvalue weighted by atomic mass is 10.0.